The highest BCUT2D eigenvalue weighted by atomic mass is 127. The van der Waals surface area contributed by atoms with Gasteiger partial charge in [0.05, 0.1) is 7.11 Å². The molecule has 0 aromatic heterocycles. The fraction of sp³-hybridized carbons (Fsp3) is 0.529. The molecule has 0 spiro atoms. The second kappa shape index (κ2) is 12.2. The van der Waals surface area contributed by atoms with Crippen molar-refractivity contribution >= 4 is 41.6 Å². The Morgan fingerprint density at radius 2 is 1.87 bits per heavy atom. The zero-order chi connectivity index (χ0) is 16.4. The molecule has 0 aliphatic carbocycles. The third-order valence-electron chi connectivity index (χ3n) is 3.58. The highest BCUT2D eigenvalue weighted by Crippen LogP contribution is 2.13. The van der Waals surface area contributed by atoms with Crippen molar-refractivity contribution in [3.8, 4) is 0 Å². The summed E-state index contributed by atoms with van der Waals surface area (Å²) in [5, 5.41) is 3.10. The van der Waals surface area contributed by atoms with E-state index in [2.05, 4.69) is 41.0 Å². The average Bonchev–Trinajstić information content (AvgIpc) is 2.49. The molecule has 1 aromatic rings. The first-order valence-electron chi connectivity index (χ1n) is 7.74. The van der Waals surface area contributed by atoms with Crippen molar-refractivity contribution in [2.24, 2.45) is 10.7 Å². The molecule has 0 bridgehead atoms. The van der Waals surface area contributed by atoms with Gasteiger partial charge in [-0.3, -0.25) is 9.79 Å². The Balaban J connectivity index is 0.00000484. The number of unbranched alkanes of at least 4 members (excludes halogenated alkanes) is 3. The van der Waals surface area contributed by atoms with Gasteiger partial charge in [-0.2, -0.15) is 0 Å². The van der Waals surface area contributed by atoms with Crippen LogP contribution in [0, 0.1) is 13.8 Å². The number of hydrogen-bond acceptors (Lipinski definition) is 3. The summed E-state index contributed by atoms with van der Waals surface area (Å²) < 4.78 is 4.60. The lowest BCUT2D eigenvalue weighted by molar-refractivity contribution is -0.140. The van der Waals surface area contributed by atoms with Crippen molar-refractivity contribution in [3.63, 3.8) is 0 Å². The van der Waals surface area contributed by atoms with Crippen molar-refractivity contribution in [3.05, 3.63) is 29.3 Å². The van der Waals surface area contributed by atoms with E-state index < -0.39 is 0 Å². The number of methoxy groups -OCH3 is 1. The van der Waals surface area contributed by atoms with E-state index in [4.69, 9.17) is 5.73 Å². The minimum Gasteiger partial charge on any atom is -0.469 e. The van der Waals surface area contributed by atoms with Crippen molar-refractivity contribution in [1.29, 1.82) is 0 Å². The van der Waals surface area contributed by atoms with Crippen LogP contribution in [0.3, 0.4) is 0 Å². The van der Waals surface area contributed by atoms with Crippen LogP contribution in [0.15, 0.2) is 23.2 Å². The number of halogens is 1. The number of hydrogen-bond donors (Lipinski definition) is 2. The molecule has 1 aromatic carbocycles. The lowest BCUT2D eigenvalue weighted by atomic mass is 10.1. The monoisotopic (exact) mass is 433 g/mol. The smallest absolute Gasteiger partial charge is 0.305 e. The number of aryl methyl sites for hydroxylation is 2. The highest BCUT2D eigenvalue weighted by molar-refractivity contribution is 14.0. The Kier molecular flexibility index (Phi) is 11.5. The van der Waals surface area contributed by atoms with Crippen LogP contribution in [-0.2, 0) is 9.53 Å². The molecule has 0 atom stereocenters. The topological polar surface area (TPSA) is 76.7 Å². The maximum absolute atomic E-state index is 10.9. The van der Waals surface area contributed by atoms with Crippen molar-refractivity contribution < 1.29 is 9.53 Å². The maximum Gasteiger partial charge on any atom is 0.305 e. The van der Waals surface area contributed by atoms with Crippen LogP contribution in [0.1, 0.15) is 43.2 Å². The van der Waals surface area contributed by atoms with E-state index in [0.717, 1.165) is 31.4 Å². The van der Waals surface area contributed by atoms with E-state index in [1.165, 1.54) is 18.2 Å². The number of nitrogens with two attached hydrogens (primary N) is 1. The molecule has 0 fully saturated rings. The third kappa shape index (κ3) is 9.43. The van der Waals surface area contributed by atoms with E-state index in [9.17, 15) is 4.79 Å². The number of aliphatic imine (C=N–C) groups is 1. The second-order valence-corrected chi connectivity index (χ2v) is 5.43. The van der Waals surface area contributed by atoms with Gasteiger partial charge in [0.1, 0.15) is 0 Å². The molecule has 130 valence electrons. The van der Waals surface area contributed by atoms with E-state index in [1.54, 1.807) is 0 Å². The summed E-state index contributed by atoms with van der Waals surface area (Å²) in [5.41, 5.74) is 9.31. The highest BCUT2D eigenvalue weighted by Gasteiger charge is 2.00. The number of carbonyl (C=O) groups is 1. The van der Waals surface area contributed by atoms with E-state index in [-0.39, 0.29) is 29.9 Å². The molecule has 3 N–H and O–H groups in total. The summed E-state index contributed by atoms with van der Waals surface area (Å²) in [7, 11) is 1.42. The molecule has 5 nitrogen and oxygen atoms in total. The molecule has 0 radical (unpaired) electrons. The second-order valence-electron chi connectivity index (χ2n) is 5.43. The average molecular weight is 433 g/mol. The van der Waals surface area contributed by atoms with Crippen molar-refractivity contribution in [2.45, 2.75) is 46.0 Å². The SMILES string of the molecule is COC(=O)CCCCCCN=C(N)Nc1ccc(C)c(C)c1.I. The molecule has 0 aliphatic heterocycles. The Morgan fingerprint density at radius 3 is 2.52 bits per heavy atom. The summed E-state index contributed by atoms with van der Waals surface area (Å²) >= 11 is 0. The number of nitrogens with one attached hydrogen (secondary N) is 1. The van der Waals surface area contributed by atoms with Gasteiger partial charge in [-0.05, 0) is 49.9 Å². The quantitative estimate of drug-likeness (QED) is 0.215. The Hall–Kier alpha value is -1.31. The van der Waals surface area contributed by atoms with Crippen molar-refractivity contribution in [1.82, 2.24) is 0 Å². The van der Waals surface area contributed by atoms with Gasteiger partial charge < -0.3 is 15.8 Å². The number of esters is 1. The van der Waals surface area contributed by atoms with Gasteiger partial charge >= 0.3 is 5.97 Å². The summed E-state index contributed by atoms with van der Waals surface area (Å²) in [4.78, 5) is 15.3. The first-order chi connectivity index (χ1) is 10.5. The van der Waals surface area contributed by atoms with Gasteiger partial charge in [-0.1, -0.05) is 18.9 Å². The fourth-order valence-electron chi connectivity index (χ4n) is 2.04. The number of benzene rings is 1. The molecule has 0 amide bonds. The molecule has 1 rings (SSSR count). The standard InChI is InChI=1S/C17H27N3O2.HI/c1-13-9-10-15(12-14(13)2)20-17(18)19-11-7-5-4-6-8-16(21)22-3;/h9-10,12H,4-8,11H2,1-3H3,(H3,18,19,20);1H. The summed E-state index contributed by atoms with van der Waals surface area (Å²) in [6, 6.07) is 6.12. The normalized spacial score (nSPS) is 10.8. The Bertz CT molecular complexity index is 519. The number of rotatable bonds is 8. The molecule has 23 heavy (non-hydrogen) atoms. The molecule has 0 aliphatic rings. The van der Waals surface area contributed by atoms with Crippen LogP contribution in [0.25, 0.3) is 0 Å². The number of carbonyl (C=O) groups excluding carboxylic acids is 1. The lowest BCUT2D eigenvalue weighted by Crippen LogP contribution is -2.22. The van der Waals surface area contributed by atoms with Gasteiger partial charge in [0.25, 0.3) is 0 Å². The van der Waals surface area contributed by atoms with Crippen LogP contribution < -0.4 is 11.1 Å². The molecule has 6 heteroatoms. The van der Waals surface area contributed by atoms with Crippen LogP contribution in [0.4, 0.5) is 5.69 Å². The minimum atomic E-state index is -0.139. The molecule has 0 heterocycles. The third-order valence-corrected chi connectivity index (χ3v) is 3.58. The van der Waals surface area contributed by atoms with Crippen LogP contribution in [0.2, 0.25) is 0 Å². The predicted molar refractivity (Wildman–Crippen MR) is 107 cm³/mol. The molecule has 0 saturated carbocycles. The van der Waals surface area contributed by atoms with E-state index in [0.29, 0.717) is 18.9 Å². The van der Waals surface area contributed by atoms with Gasteiger partial charge in [-0.25, -0.2) is 0 Å². The Labute approximate surface area is 156 Å². The molecule has 0 unspecified atom stereocenters. The zero-order valence-electron chi connectivity index (χ0n) is 14.2. The molecular weight excluding hydrogens is 405 g/mol. The van der Waals surface area contributed by atoms with E-state index in [1.807, 2.05) is 6.07 Å². The number of nitrogens with zero attached hydrogens (tertiary/aromatic N) is 1. The lowest BCUT2D eigenvalue weighted by Gasteiger charge is -2.08. The van der Waals surface area contributed by atoms with Gasteiger partial charge in [-0.15, -0.1) is 24.0 Å². The fourth-order valence-corrected chi connectivity index (χ4v) is 2.04. The largest absolute Gasteiger partial charge is 0.469 e. The zero-order valence-corrected chi connectivity index (χ0v) is 16.6. The number of anilines is 1. The molecule has 0 saturated heterocycles. The van der Waals surface area contributed by atoms with Crippen LogP contribution >= 0.6 is 24.0 Å². The minimum absolute atomic E-state index is 0. The number of guanidine groups is 1. The van der Waals surface area contributed by atoms with Gasteiger partial charge in [0.2, 0.25) is 0 Å². The maximum atomic E-state index is 10.9. The van der Waals surface area contributed by atoms with Gasteiger partial charge in [0, 0.05) is 18.7 Å². The summed E-state index contributed by atoms with van der Waals surface area (Å²) in [5.74, 6) is 0.303. The predicted octanol–water partition coefficient (Wildman–Crippen LogP) is 3.77. The van der Waals surface area contributed by atoms with Crippen LogP contribution in [-0.4, -0.2) is 25.6 Å². The number of ether oxygens (including phenoxy) is 1. The van der Waals surface area contributed by atoms with E-state index >= 15 is 0 Å². The van der Waals surface area contributed by atoms with Crippen molar-refractivity contribution in [2.75, 3.05) is 19.0 Å². The first kappa shape index (κ1) is 21.7. The molecular formula is C17H28IN3O2. The summed E-state index contributed by atoms with van der Waals surface area (Å²) in [6.07, 6.45) is 4.38. The Morgan fingerprint density at radius 1 is 1.17 bits per heavy atom. The van der Waals surface area contributed by atoms with Gasteiger partial charge in [0.15, 0.2) is 5.96 Å². The summed E-state index contributed by atoms with van der Waals surface area (Å²) in [6.45, 7) is 4.85. The first-order valence-corrected chi connectivity index (χ1v) is 7.74. The van der Waals surface area contributed by atoms with Crippen LogP contribution in [0.5, 0.6) is 0 Å².